The monoisotopic (exact) mass is 948 g/mol. The minimum absolute atomic E-state index is 0.0316. The molecule has 0 unspecified atom stereocenters. The van der Waals surface area contributed by atoms with Gasteiger partial charge in [-0.1, -0.05) is 48.0 Å². The molecule has 0 radical (unpaired) electrons. The van der Waals surface area contributed by atoms with Crippen molar-refractivity contribution < 1.29 is 43.8 Å². The second-order valence-corrected chi connectivity index (χ2v) is 18.4. The van der Waals surface area contributed by atoms with E-state index in [1.807, 2.05) is 12.1 Å². The van der Waals surface area contributed by atoms with Crippen LogP contribution < -0.4 is 32.7 Å². The van der Waals surface area contributed by atoms with Gasteiger partial charge in [-0.05, 0) is 135 Å². The van der Waals surface area contributed by atoms with E-state index in [1.54, 1.807) is 36.4 Å². The number of rotatable bonds is 13. The molecular formula is C50H57ClN8O9. The summed E-state index contributed by atoms with van der Waals surface area (Å²) in [6, 6.07) is 15.6. The number of hydrogen-bond donors (Lipinski definition) is 8. The molecule has 3 aliphatic rings. The number of carbonyl (C=O) groups excluding carboxylic acids is 7. The van der Waals surface area contributed by atoms with Crippen LogP contribution in [0.3, 0.4) is 0 Å². The van der Waals surface area contributed by atoms with Crippen molar-refractivity contribution in [2.75, 3.05) is 20.1 Å². The lowest BCUT2D eigenvalue weighted by atomic mass is 9.73. The third-order valence-corrected chi connectivity index (χ3v) is 13.6. The molecule has 17 nitrogen and oxygen atoms in total. The molecule has 18 heteroatoms. The number of fused-ring (bicyclic) bond motifs is 6. The summed E-state index contributed by atoms with van der Waals surface area (Å²) >= 11 is 6.06. The first-order chi connectivity index (χ1) is 32.4. The number of carbonyl (C=O) groups is 7. The largest absolute Gasteiger partial charge is 0.507 e. The van der Waals surface area contributed by atoms with Gasteiger partial charge < -0.3 is 52.7 Å². The maximum Gasteiger partial charge on any atom is 0.251 e. The first-order valence-corrected chi connectivity index (χ1v) is 23.1. The highest BCUT2D eigenvalue weighted by atomic mass is 35.5. The van der Waals surface area contributed by atoms with Crippen LogP contribution in [0.2, 0.25) is 5.02 Å². The van der Waals surface area contributed by atoms with E-state index in [9.17, 15) is 43.8 Å². The molecule has 2 fully saturated rings. The predicted octanol–water partition coefficient (Wildman–Crippen LogP) is 3.28. The summed E-state index contributed by atoms with van der Waals surface area (Å²) in [6.07, 6.45) is 2.66. The van der Waals surface area contributed by atoms with E-state index in [4.69, 9.17) is 23.1 Å². The Bertz CT molecular complexity index is 2590. The molecule has 4 aromatic rings. The Morgan fingerprint density at radius 3 is 2.13 bits per heavy atom. The second-order valence-electron chi connectivity index (χ2n) is 17.9. The number of phenols is 2. The number of nitrogens with one attached hydrogen (secondary N) is 4. The van der Waals surface area contributed by atoms with Gasteiger partial charge in [0.05, 0.1) is 0 Å². The first-order valence-electron chi connectivity index (χ1n) is 22.7. The Morgan fingerprint density at radius 2 is 1.50 bits per heavy atom. The van der Waals surface area contributed by atoms with Crippen LogP contribution in [-0.2, 0) is 35.2 Å². The molecule has 2 heterocycles. The van der Waals surface area contributed by atoms with Crippen molar-refractivity contribution >= 4 is 53.0 Å². The number of halogens is 1. The van der Waals surface area contributed by atoms with Gasteiger partial charge in [0.1, 0.15) is 47.8 Å². The molecule has 1 aliphatic carbocycles. The van der Waals surface area contributed by atoms with Gasteiger partial charge in [0.25, 0.3) is 5.91 Å². The molecule has 1 saturated carbocycles. The van der Waals surface area contributed by atoms with Crippen molar-refractivity contribution in [2.24, 2.45) is 23.3 Å². The van der Waals surface area contributed by atoms with Gasteiger partial charge in [-0.25, -0.2) is 0 Å². The number of amides is 7. The smallest absolute Gasteiger partial charge is 0.251 e. The van der Waals surface area contributed by atoms with E-state index in [2.05, 4.69) is 21.3 Å². The molecule has 2 aliphatic heterocycles. The lowest BCUT2D eigenvalue weighted by Crippen LogP contribution is -2.58. The van der Waals surface area contributed by atoms with E-state index in [0.29, 0.717) is 36.5 Å². The fourth-order valence-electron chi connectivity index (χ4n) is 9.39. The van der Waals surface area contributed by atoms with Gasteiger partial charge in [-0.2, -0.15) is 0 Å². The van der Waals surface area contributed by atoms with Crippen LogP contribution in [0.1, 0.15) is 73.5 Å². The van der Waals surface area contributed by atoms with Crippen molar-refractivity contribution in [1.82, 2.24) is 31.1 Å². The molecule has 0 aromatic heterocycles. The third kappa shape index (κ3) is 10.6. The van der Waals surface area contributed by atoms with Crippen molar-refractivity contribution in [3.8, 4) is 33.8 Å². The summed E-state index contributed by atoms with van der Waals surface area (Å²) < 4.78 is 0. The van der Waals surface area contributed by atoms with Gasteiger partial charge in [-0.15, -0.1) is 0 Å². The average molecular weight is 950 g/mol. The lowest BCUT2D eigenvalue weighted by molar-refractivity contribution is -0.142. The first kappa shape index (κ1) is 48.9. The van der Waals surface area contributed by atoms with Gasteiger partial charge in [0, 0.05) is 41.7 Å². The molecule has 7 amide bonds. The number of likely N-dealkylation sites (tertiary alicyclic amines) is 1. The van der Waals surface area contributed by atoms with Gasteiger partial charge >= 0.3 is 0 Å². The number of likely N-dealkylation sites (N-methyl/N-ethyl adjacent to an activating group) is 1. The molecule has 0 spiro atoms. The zero-order valence-corrected chi connectivity index (χ0v) is 38.8. The Balaban J connectivity index is 1.16. The van der Waals surface area contributed by atoms with Crippen LogP contribution in [0.25, 0.3) is 22.3 Å². The maximum absolute atomic E-state index is 14.6. The number of unbranched alkanes of at least 4 members (excludes halogenated alkanes) is 1. The number of hydrogen-bond acceptors (Lipinski definition) is 10. The third-order valence-electron chi connectivity index (χ3n) is 13.3. The van der Waals surface area contributed by atoms with E-state index >= 15 is 0 Å². The van der Waals surface area contributed by atoms with E-state index in [-0.39, 0.29) is 58.4 Å². The topological polar surface area (TPSA) is 267 Å². The second kappa shape index (κ2) is 20.9. The fourth-order valence-corrected chi connectivity index (χ4v) is 9.51. The van der Waals surface area contributed by atoms with Gasteiger partial charge in [0.2, 0.25) is 35.4 Å². The summed E-state index contributed by atoms with van der Waals surface area (Å²) in [5.74, 6) is -5.04. The van der Waals surface area contributed by atoms with Crippen LogP contribution in [0.15, 0.2) is 84.9 Å². The Hall–Kier alpha value is -6.98. The molecule has 358 valence electrons. The molecule has 8 atom stereocenters. The lowest BCUT2D eigenvalue weighted by Gasteiger charge is -2.33. The van der Waals surface area contributed by atoms with Crippen LogP contribution in [0.5, 0.6) is 11.5 Å². The van der Waals surface area contributed by atoms with Crippen molar-refractivity contribution in [2.45, 2.75) is 88.6 Å². The van der Waals surface area contributed by atoms with Crippen LogP contribution in [0.4, 0.5) is 0 Å². The number of nitrogens with two attached hydrogens (primary N) is 2. The number of nitrogens with zero attached hydrogens (tertiary/aromatic N) is 2. The standard InChI is InChI=1S/C50H57ClN8O9/c1-26-45(63)57-39(47(65)55-27(2)49(67)59-25-33-14-18-35(33)43(59)44(53)62)23-28-7-19-40(60)36(22-28)37-24-32(15-20-41(37)61)42(48(66)54-26)58(3)50(68)38(6-4-5-21-52)56-46(64)31-10-8-29(9-11-31)30-12-16-34(51)17-13-30/h7-13,15-17,19-20,22,24,26-27,33,35,38-39,42-43,60-61H,4-6,14,18,21,23,25,52H2,1-3H3,(H2,53,62)(H,54,66)(H,55,65)(H,56,64)(H,57,63)/t26-,27-,33+,35+,38-,39-,42-,43-/m0/s1. The molecule has 4 bridgehead atoms. The molecule has 68 heavy (non-hydrogen) atoms. The SMILES string of the molecule is C[C@@H]1NC(=O)[C@@H](N(C)C(=O)[C@H](CCCCN)NC(=O)c2ccc(-c3ccc(Cl)cc3)cc2)c2ccc(O)c(c2)-c2cc(ccc2O)C[C@@H](C(=O)N[C@@H](C)C(=O)N2C[C@H]3CC[C@H]3[C@H]2C(N)=O)NC1=O. The minimum atomic E-state index is -1.46. The number of phenolic OH excluding ortho intramolecular Hbond substituents is 2. The van der Waals surface area contributed by atoms with Crippen LogP contribution in [-0.4, -0.2) is 112 Å². The van der Waals surface area contributed by atoms with E-state index < -0.39 is 77.6 Å². The predicted molar refractivity (Wildman–Crippen MR) is 254 cm³/mol. The molecule has 1 saturated heterocycles. The molecule has 4 aromatic carbocycles. The quantitative estimate of drug-likeness (QED) is 0.0907. The maximum atomic E-state index is 14.6. The fraction of sp³-hybridized carbons (Fsp3) is 0.380. The van der Waals surface area contributed by atoms with Crippen molar-refractivity contribution in [3.63, 3.8) is 0 Å². The normalized spacial score (nSPS) is 21.9. The van der Waals surface area contributed by atoms with E-state index in [0.717, 1.165) is 28.9 Å². The highest BCUT2D eigenvalue weighted by Gasteiger charge is 2.52. The zero-order chi connectivity index (χ0) is 49.0. The van der Waals surface area contributed by atoms with E-state index in [1.165, 1.54) is 62.2 Å². The number of benzene rings is 4. The average Bonchev–Trinajstić information content (AvgIpc) is 3.58. The Kier molecular flexibility index (Phi) is 15.0. The van der Waals surface area contributed by atoms with Crippen molar-refractivity contribution in [1.29, 1.82) is 0 Å². The number of primary amides is 1. The highest BCUT2D eigenvalue weighted by Crippen LogP contribution is 2.45. The Labute approximate surface area is 398 Å². The van der Waals surface area contributed by atoms with Gasteiger partial charge in [0.15, 0.2) is 0 Å². The van der Waals surface area contributed by atoms with Crippen molar-refractivity contribution in [3.05, 3.63) is 107 Å². The van der Waals surface area contributed by atoms with Crippen LogP contribution >= 0.6 is 11.6 Å². The summed E-state index contributed by atoms with van der Waals surface area (Å²) in [5, 5.41) is 33.9. The van der Waals surface area contributed by atoms with Crippen LogP contribution in [0, 0.1) is 11.8 Å². The summed E-state index contributed by atoms with van der Waals surface area (Å²) in [7, 11) is 1.38. The summed E-state index contributed by atoms with van der Waals surface area (Å²) in [4.78, 5) is 99.7. The molecule has 10 N–H and O–H groups in total. The number of aromatic hydroxyl groups is 2. The summed E-state index contributed by atoms with van der Waals surface area (Å²) in [5.41, 5.74) is 14.4. The van der Waals surface area contributed by atoms with Gasteiger partial charge in [-0.3, -0.25) is 33.6 Å². The molecule has 7 rings (SSSR count). The summed E-state index contributed by atoms with van der Waals surface area (Å²) in [6.45, 7) is 3.56. The highest BCUT2D eigenvalue weighted by molar-refractivity contribution is 6.30. The zero-order valence-electron chi connectivity index (χ0n) is 38.0. The molecular weight excluding hydrogens is 892 g/mol. The Morgan fingerprint density at radius 1 is 0.853 bits per heavy atom. The minimum Gasteiger partial charge on any atom is -0.507 e.